The maximum absolute atomic E-state index is 10.9. The fourth-order valence-corrected chi connectivity index (χ4v) is 1.52. The molecule has 2 rings (SSSR count). The van der Waals surface area contributed by atoms with Gasteiger partial charge in [-0.25, -0.2) is 14.8 Å². The zero-order chi connectivity index (χ0) is 13.0. The molecule has 92 valence electrons. The van der Waals surface area contributed by atoms with Crippen molar-refractivity contribution in [2.45, 2.75) is 6.42 Å². The number of aromatic nitrogens is 2. The second kappa shape index (κ2) is 5.27. The molecule has 0 unspecified atom stereocenters. The van der Waals surface area contributed by atoms with E-state index >= 15 is 0 Å². The van der Waals surface area contributed by atoms with Crippen LogP contribution in [0.3, 0.4) is 0 Å². The van der Waals surface area contributed by atoms with Crippen LogP contribution in [-0.4, -0.2) is 27.7 Å². The summed E-state index contributed by atoms with van der Waals surface area (Å²) in [5.74, 6) is -0.525. The molecule has 2 aromatic rings. The lowest BCUT2D eigenvalue weighted by atomic mass is 10.1. The number of carbonyl (C=O) groups is 1. The molecule has 0 radical (unpaired) electrons. The van der Waals surface area contributed by atoms with Gasteiger partial charge in [0, 0.05) is 0 Å². The van der Waals surface area contributed by atoms with E-state index in [0.29, 0.717) is 23.4 Å². The van der Waals surface area contributed by atoms with Gasteiger partial charge >= 0.3 is 5.97 Å². The fourth-order valence-electron chi connectivity index (χ4n) is 1.52. The van der Waals surface area contributed by atoms with Crippen LogP contribution < -0.4 is 4.74 Å². The summed E-state index contributed by atoms with van der Waals surface area (Å²) in [7, 11) is 0. The minimum Gasteiger partial charge on any atom is -0.478 e. The van der Waals surface area contributed by atoms with Gasteiger partial charge in [-0.3, -0.25) is 0 Å². The Balaban J connectivity index is 2.37. The van der Waals surface area contributed by atoms with Crippen molar-refractivity contribution in [3.63, 3.8) is 0 Å². The lowest BCUT2D eigenvalue weighted by molar-refractivity contribution is 0.0697. The molecule has 0 fully saturated rings. The van der Waals surface area contributed by atoms with Crippen LogP contribution in [0.4, 0.5) is 0 Å². The maximum atomic E-state index is 10.9. The van der Waals surface area contributed by atoms with E-state index in [2.05, 4.69) is 16.5 Å². The third-order valence-electron chi connectivity index (χ3n) is 2.41. The van der Waals surface area contributed by atoms with Crippen LogP contribution >= 0.6 is 0 Å². The average molecular weight is 244 g/mol. The molecule has 0 bridgehead atoms. The first-order valence-corrected chi connectivity index (χ1v) is 5.44. The van der Waals surface area contributed by atoms with Gasteiger partial charge < -0.3 is 9.84 Å². The molecule has 0 aliphatic carbocycles. The Hall–Kier alpha value is -2.43. The number of carboxylic acid groups (broad SMARTS) is 1. The molecule has 0 aliphatic heterocycles. The van der Waals surface area contributed by atoms with Gasteiger partial charge in [-0.2, -0.15) is 0 Å². The molecule has 0 saturated carbocycles. The Kier molecular flexibility index (Phi) is 3.52. The van der Waals surface area contributed by atoms with E-state index < -0.39 is 5.97 Å². The Morgan fingerprint density at radius 1 is 1.44 bits per heavy atom. The van der Waals surface area contributed by atoms with Crippen molar-refractivity contribution >= 4 is 16.9 Å². The number of hydrogen-bond acceptors (Lipinski definition) is 4. The molecule has 5 nitrogen and oxygen atoms in total. The summed E-state index contributed by atoms with van der Waals surface area (Å²) in [4.78, 5) is 18.9. The van der Waals surface area contributed by atoms with Gasteiger partial charge in [0.1, 0.15) is 6.33 Å². The third kappa shape index (κ3) is 2.45. The van der Waals surface area contributed by atoms with Crippen LogP contribution in [0, 0.1) is 0 Å². The lowest BCUT2D eigenvalue weighted by Crippen LogP contribution is -2.00. The largest absolute Gasteiger partial charge is 0.478 e. The van der Waals surface area contributed by atoms with E-state index in [9.17, 15) is 4.79 Å². The number of carboxylic acids is 1. The Morgan fingerprint density at radius 3 is 3.00 bits per heavy atom. The summed E-state index contributed by atoms with van der Waals surface area (Å²) in [5, 5.41) is 9.60. The fraction of sp³-hybridized carbons (Fsp3) is 0.154. The molecular formula is C13H12N2O3. The van der Waals surface area contributed by atoms with E-state index in [0.717, 1.165) is 6.42 Å². The average Bonchev–Trinajstić information content (AvgIpc) is 2.38. The van der Waals surface area contributed by atoms with Crippen LogP contribution in [-0.2, 0) is 0 Å². The molecule has 1 aromatic heterocycles. The number of fused-ring (bicyclic) bond motifs is 1. The Morgan fingerprint density at radius 2 is 2.28 bits per heavy atom. The zero-order valence-corrected chi connectivity index (χ0v) is 9.67. The first kappa shape index (κ1) is 12.0. The van der Waals surface area contributed by atoms with Gasteiger partial charge in [0.05, 0.1) is 23.1 Å². The molecule has 0 spiro atoms. The smallest absolute Gasteiger partial charge is 0.335 e. The normalized spacial score (nSPS) is 10.2. The van der Waals surface area contributed by atoms with Crippen molar-refractivity contribution in [3.8, 4) is 5.88 Å². The quantitative estimate of drug-likeness (QED) is 0.645. The lowest BCUT2D eigenvalue weighted by Gasteiger charge is -2.06. The van der Waals surface area contributed by atoms with Crippen molar-refractivity contribution in [1.29, 1.82) is 0 Å². The van der Waals surface area contributed by atoms with Gasteiger partial charge in [0.15, 0.2) is 0 Å². The van der Waals surface area contributed by atoms with Gasteiger partial charge in [0.2, 0.25) is 5.88 Å². The van der Waals surface area contributed by atoms with E-state index in [1.165, 1.54) is 18.5 Å². The second-order valence-electron chi connectivity index (χ2n) is 3.64. The van der Waals surface area contributed by atoms with Crippen molar-refractivity contribution < 1.29 is 14.6 Å². The zero-order valence-electron chi connectivity index (χ0n) is 9.67. The molecule has 0 atom stereocenters. The molecule has 1 aromatic carbocycles. The first-order chi connectivity index (χ1) is 8.72. The minimum absolute atomic E-state index is 0.193. The summed E-state index contributed by atoms with van der Waals surface area (Å²) in [6, 6.07) is 4.66. The summed E-state index contributed by atoms with van der Waals surface area (Å²) in [6.07, 6.45) is 3.84. The van der Waals surface area contributed by atoms with E-state index in [1.807, 2.05) is 0 Å². The van der Waals surface area contributed by atoms with Gasteiger partial charge in [-0.15, -0.1) is 6.58 Å². The summed E-state index contributed by atoms with van der Waals surface area (Å²) >= 11 is 0. The highest BCUT2D eigenvalue weighted by Crippen LogP contribution is 2.22. The van der Waals surface area contributed by atoms with Crippen LogP contribution in [0.15, 0.2) is 37.2 Å². The predicted molar refractivity (Wildman–Crippen MR) is 66.8 cm³/mol. The van der Waals surface area contributed by atoms with E-state index in [-0.39, 0.29) is 5.56 Å². The molecule has 1 N–H and O–H groups in total. The molecule has 1 heterocycles. The van der Waals surface area contributed by atoms with Crippen molar-refractivity contribution in [1.82, 2.24) is 9.97 Å². The third-order valence-corrected chi connectivity index (χ3v) is 2.41. The van der Waals surface area contributed by atoms with Crippen LogP contribution in [0.1, 0.15) is 16.8 Å². The highest BCUT2D eigenvalue weighted by Gasteiger charge is 2.08. The van der Waals surface area contributed by atoms with Crippen molar-refractivity contribution in [3.05, 3.63) is 42.7 Å². The number of rotatable bonds is 5. The van der Waals surface area contributed by atoms with Crippen LogP contribution in [0.25, 0.3) is 10.9 Å². The molecule has 5 heteroatoms. The number of nitrogens with zero attached hydrogens (tertiary/aromatic N) is 2. The van der Waals surface area contributed by atoms with Gasteiger partial charge in [-0.05, 0) is 24.6 Å². The van der Waals surface area contributed by atoms with Crippen molar-refractivity contribution in [2.75, 3.05) is 6.61 Å². The standard InChI is InChI=1S/C13H12N2O3/c1-2-3-6-18-12-10-5-4-9(13(16)17)7-11(10)14-8-15-12/h2,4-5,7-8H,1,3,6H2,(H,16,17). The molecule has 0 saturated heterocycles. The highest BCUT2D eigenvalue weighted by atomic mass is 16.5. The summed E-state index contributed by atoms with van der Waals surface area (Å²) < 4.78 is 5.49. The Bertz CT molecular complexity index is 596. The Labute approximate surface area is 104 Å². The maximum Gasteiger partial charge on any atom is 0.335 e. The first-order valence-electron chi connectivity index (χ1n) is 5.44. The summed E-state index contributed by atoms with van der Waals surface area (Å²) in [6.45, 7) is 4.09. The topological polar surface area (TPSA) is 72.3 Å². The predicted octanol–water partition coefficient (Wildman–Crippen LogP) is 2.28. The summed E-state index contributed by atoms with van der Waals surface area (Å²) in [5.41, 5.74) is 0.747. The van der Waals surface area contributed by atoms with Crippen LogP contribution in [0.2, 0.25) is 0 Å². The van der Waals surface area contributed by atoms with Gasteiger partial charge in [-0.1, -0.05) is 6.08 Å². The van der Waals surface area contributed by atoms with Gasteiger partial charge in [0.25, 0.3) is 0 Å². The van der Waals surface area contributed by atoms with E-state index in [4.69, 9.17) is 9.84 Å². The van der Waals surface area contributed by atoms with Crippen molar-refractivity contribution in [2.24, 2.45) is 0 Å². The molecule has 0 aliphatic rings. The number of benzene rings is 1. The molecular weight excluding hydrogens is 232 g/mol. The molecule has 0 amide bonds. The number of ether oxygens (including phenoxy) is 1. The molecule has 18 heavy (non-hydrogen) atoms. The van der Waals surface area contributed by atoms with Crippen LogP contribution in [0.5, 0.6) is 5.88 Å². The SMILES string of the molecule is C=CCCOc1ncnc2cc(C(=O)O)ccc12. The number of aromatic carboxylic acids is 1. The second-order valence-corrected chi connectivity index (χ2v) is 3.64. The number of hydrogen-bond donors (Lipinski definition) is 1. The minimum atomic E-state index is -0.982. The monoisotopic (exact) mass is 244 g/mol. The highest BCUT2D eigenvalue weighted by molar-refractivity contribution is 5.94. The van der Waals surface area contributed by atoms with E-state index in [1.54, 1.807) is 12.1 Å².